The van der Waals surface area contributed by atoms with Crippen molar-refractivity contribution >= 4 is 23.9 Å². The van der Waals surface area contributed by atoms with Gasteiger partial charge in [-0.1, -0.05) is 0 Å². The second kappa shape index (κ2) is 10.2. The van der Waals surface area contributed by atoms with Crippen molar-refractivity contribution in [2.24, 2.45) is 16.5 Å². The molecule has 0 aromatic carbocycles. The molecule has 7 N–H and O–H groups in total. The second-order valence-electron chi connectivity index (χ2n) is 2.74. The van der Waals surface area contributed by atoms with E-state index in [9.17, 15) is 14.4 Å². The maximum Gasteiger partial charge on any atom is 0.305 e. The van der Waals surface area contributed by atoms with Gasteiger partial charge in [0.25, 0.3) is 0 Å². The van der Waals surface area contributed by atoms with Gasteiger partial charge >= 0.3 is 17.9 Å². The zero-order valence-corrected chi connectivity index (χ0v) is 9.00. The molecule has 0 bridgehead atoms. The maximum absolute atomic E-state index is 9.83. The monoisotopic (exact) mass is 249 g/mol. The van der Waals surface area contributed by atoms with Crippen LogP contribution in [0.15, 0.2) is 4.99 Å². The van der Waals surface area contributed by atoms with Gasteiger partial charge < -0.3 is 26.8 Å². The van der Waals surface area contributed by atoms with E-state index in [4.69, 9.17) is 26.8 Å². The molecule has 9 nitrogen and oxygen atoms in total. The molecule has 0 fully saturated rings. The smallest absolute Gasteiger partial charge is 0.305 e. The van der Waals surface area contributed by atoms with Crippen molar-refractivity contribution in [2.75, 3.05) is 6.54 Å². The first-order valence-corrected chi connectivity index (χ1v) is 4.46. The third-order valence-corrected chi connectivity index (χ3v) is 1.17. The van der Waals surface area contributed by atoms with Crippen LogP contribution in [0.2, 0.25) is 0 Å². The van der Waals surface area contributed by atoms with Gasteiger partial charge in [-0.2, -0.15) is 0 Å². The number of hydrogen-bond acceptors (Lipinski definition) is 4. The zero-order chi connectivity index (χ0) is 13.8. The first-order chi connectivity index (χ1) is 7.75. The highest BCUT2D eigenvalue weighted by molar-refractivity contribution is 5.76. The summed E-state index contributed by atoms with van der Waals surface area (Å²) in [5.41, 5.74) is 9.83. The van der Waals surface area contributed by atoms with Gasteiger partial charge in [-0.25, -0.2) is 0 Å². The first-order valence-electron chi connectivity index (χ1n) is 4.46. The Hall–Kier alpha value is -2.32. The summed E-state index contributed by atoms with van der Waals surface area (Å²) in [7, 11) is 0. The maximum atomic E-state index is 9.83. The molecule has 0 spiro atoms. The van der Waals surface area contributed by atoms with Crippen LogP contribution in [0.4, 0.5) is 0 Å². The molecule has 0 aliphatic carbocycles. The lowest BCUT2D eigenvalue weighted by atomic mass is 10.3. The van der Waals surface area contributed by atoms with Crippen LogP contribution in [0.5, 0.6) is 0 Å². The summed E-state index contributed by atoms with van der Waals surface area (Å²) in [5.74, 6) is -3.13. The highest BCUT2D eigenvalue weighted by atomic mass is 16.4. The fraction of sp³-hybridized carbons (Fsp3) is 0.500. The van der Waals surface area contributed by atoms with Crippen LogP contribution >= 0.6 is 0 Å². The van der Waals surface area contributed by atoms with Gasteiger partial charge in [0.1, 0.15) is 0 Å². The number of aliphatic carboxylic acids is 3. The Kier molecular flexibility index (Phi) is 10.3. The van der Waals surface area contributed by atoms with Crippen LogP contribution in [0.1, 0.15) is 19.3 Å². The molecule has 0 saturated heterocycles. The van der Waals surface area contributed by atoms with Gasteiger partial charge in [0.05, 0.1) is 25.8 Å². The average molecular weight is 249 g/mol. The summed E-state index contributed by atoms with van der Waals surface area (Å²) in [6.07, 6.45) is -0.622. The molecule has 0 radical (unpaired) electrons. The lowest BCUT2D eigenvalue weighted by Gasteiger charge is -1.89. The van der Waals surface area contributed by atoms with Crippen LogP contribution in [0.3, 0.4) is 0 Å². The van der Waals surface area contributed by atoms with Crippen LogP contribution in [-0.4, -0.2) is 45.7 Å². The summed E-state index contributed by atoms with van der Waals surface area (Å²) < 4.78 is 0. The van der Waals surface area contributed by atoms with Gasteiger partial charge in [-0.05, 0) is 0 Å². The number of hydrogen-bond donors (Lipinski definition) is 5. The molecule has 0 saturated carbocycles. The highest BCUT2D eigenvalue weighted by Gasteiger charge is 2.00. The summed E-state index contributed by atoms with van der Waals surface area (Å²) in [5, 5.41) is 23.9. The zero-order valence-electron chi connectivity index (χ0n) is 9.00. The standard InChI is InChI=1S/C4H9N3O2.C4H6O4/c5-4(6)7-2-1-3(8)9;5-3(6)1-2-4(7)8/h1-2H2,(H,8,9)(H4,5,6,7);1-2H2,(H,5,6)(H,7,8). The third-order valence-electron chi connectivity index (χ3n) is 1.17. The molecular formula is C8H15N3O6. The van der Waals surface area contributed by atoms with Crippen LogP contribution in [-0.2, 0) is 14.4 Å². The van der Waals surface area contributed by atoms with Crippen molar-refractivity contribution in [1.29, 1.82) is 0 Å². The SMILES string of the molecule is NC(N)=NCCC(=O)O.O=C(O)CCC(=O)O. The van der Waals surface area contributed by atoms with E-state index in [-0.39, 0.29) is 31.8 Å². The van der Waals surface area contributed by atoms with E-state index in [1.54, 1.807) is 0 Å². The van der Waals surface area contributed by atoms with Crippen LogP contribution < -0.4 is 11.5 Å². The Morgan fingerprint density at radius 2 is 1.18 bits per heavy atom. The predicted molar refractivity (Wildman–Crippen MR) is 57.4 cm³/mol. The van der Waals surface area contributed by atoms with Crippen molar-refractivity contribution in [3.8, 4) is 0 Å². The molecule has 0 aromatic heterocycles. The topological polar surface area (TPSA) is 176 Å². The molecule has 98 valence electrons. The lowest BCUT2D eigenvalue weighted by Crippen LogP contribution is -2.23. The Morgan fingerprint density at radius 3 is 1.41 bits per heavy atom. The molecule has 0 atom stereocenters. The molecule has 0 aromatic rings. The Labute approximate surface area is 96.7 Å². The number of nitrogens with zero attached hydrogens (tertiary/aromatic N) is 1. The van der Waals surface area contributed by atoms with Gasteiger partial charge in [0, 0.05) is 0 Å². The van der Waals surface area contributed by atoms with E-state index < -0.39 is 17.9 Å². The van der Waals surface area contributed by atoms with Crippen molar-refractivity contribution < 1.29 is 29.7 Å². The molecule has 0 amide bonds. The number of guanidine groups is 1. The molecule has 0 heterocycles. The minimum atomic E-state index is -1.08. The number of rotatable bonds is 6. The Balaban J connectivity index is 0. The van der Waals surface area contributed by atoms with Crippen molar-refractivity contribution in [3.05, 3.63) is 0 Å². The lowest BCUT2D eigenvalue weighted by molar-refractivity contribution is -0.143. The molecule has 0 rings (SSSR count). The van der Waals surface area contributed by atoms with E-state index in [0.717, 1.165) is 0 Å². The summed E-state index contributed by atoms with van der Waals surface area (Å²) in [6.45, 7) is 0.150. The van der Waals surface area contributed by atoms with Crippen LogP contribution in [0, 0.1) is 0 Å². The number of carboxylic acid groups (broad SMARTS) is 3. The van der Waals surface area contributed by atoms with E-state index >= 15 is 0 Å². The molecular weight excluding hydrogens is 234 g/mol. The summed E-state index contributed by atoms with van der Waals surface area (Å²) >= 11 is 0. The quantitative estimate of drug-likeness (QED) is 0.284. The van der Waals surface area contributed by atoms with Gasteiger partial charge in [-0.15, -0.1) is 0 Å². The Bertz CT molecular complexity index is 284. The van der Waals surface area contributed by atoms with E-state index in [1.807, 2.05) is 0 Å². The first kappa shape index (κ1) is 17.1. The molecule has 9 heteroatoms. The number of carboxylic acids is 3. The molecule has 0 aliphatic rings. The second-order valence-corrected chi connectivity index (χ2v) is 2.74. The van der Waals surface area contributed by atoms with Gasteiger partial charge in [-0.3, -0.25) is 19.4 Å². The molecule has 0 aliphatic heterocycles. The average Bonchev–Trinajstić information content (AvgIpc) is 2.14. The molecule has 0 unspecified atom stereocenters. The normalized spacial score (nSPS) is 8.47. The van der Waals surface area contributed by atoms with E-state index in [0.29, 0.717) is 0 Å². The van der Waals surface area contributed by atoms with Crippen molar-refractivity contribution in [2.45, 2.75) is 19.3 Å². The fourth-order valence-corrected chi connectivity index (χ4v) is 0.495. The fourth-order valence-electron chi connectivity index (χ4n) is 0.495. The predicted octanol–water partition coefficient (Wildman–Crippen LogP) is -1.33. The molecule has 17 heavy (non-hydrogen) atoms. The number of nitrogens with two attached hydrogens (primary N) is 2. The third kappa shape index (κ3) is 24.8. The van der Waals surface area contributed by atoms with Crippen molar-refractivity contribution in [3.63, 3.8) is 0 Å². The largest absolute Gasteiger partial charge is 0.481 e. The van der Waals surface area contributed by atoms with Gasteiger partial charge in [0.2, 0.25) is 0 Å². The van der Waals surface area contributed by atoms with Gasteiger partial charge in [0.15, 0.2) is 5.96 Å². The Morgan fingerprint density at radius 1 is 0.824 bits per heavy atom. The summed E-state index contributed by atoms with van der Waals surface area (Å²) in [6, 6.07) is 0. The number of aliphatic imine (C=N–C) groups is 1. The highest BCUT2D eigenvalue weighted by Crippen LogP contribution is 1.86. The summed E-state index contributed by atoms with van der Waals surface area (Å²) in [4.78, 5) is 32.6. The minimum absolute atomic E-state index is 0.0299. The van der Waals surface area contributed by atoms with E-state index in [2.05, 4.69) is 4.99 Å². The van der Waals surface area contributed by atoms with E-state index in [1.165, 1.54) is 0 Å². The van der Waals surface area contributed by atoms with Crippen molar-refractivity contribution in [1.82, 2.24) is 0 Å². The minimum Gasteiger partial charge on any atom is -0.481 e. The number of carbonyl (C=O) groups is 3. The van der Waals surface area contributed by atoms with Crippen LogP contribution in [0.25, 0.3) is 0 Å².